The molecule has 0 saturated carbocycles. The monoisotopic (exact) mass is 632 g/mol. The summed E-state index contributed by atoms with van der Waals surface area (Å²) in [5, 5.41) is 0. The highest BCUT2D eigenvalue weighted by Crippen LogP contribution is 2.50. The Bertz CT molecular complexity index is 1450. The Morgan fingerprint density at radius 2 is 0.889 bits per heavy atom. The van der Waals surface area contributed by atoms with Gasteiger partial charge in [-0.2, -0.15) is 0 Å². The first kappa shape index (κ1) is 37.3. The predicted molar refractivity (Wildman–Crippen MR) is 195 cm³/mol. The lowest BCUT2D eigenvalue weighted by Gasteiger charge is -2.38. The first-order chi connectivity index (χ1) is 20.2. The zero-order chi connectivity index (χ0) is 34.7. The fourth-order valence-corrected chi connectivity index (χ4v) is 7.44. The first-order valence-corrected chi connectivity index (χ1v) is 17.6. The number of benzene rings is 3. The van der Waals surface area contributed by atoms with Gasteiger partial charge in [0.2, 0.25) is 0 Å². The maximum Gasteiger partial charge on any atom is 0.391 e. The smallest absolute Gasteiger partial charge is 0.391 e. The van der Waals surface area contributed by atoms with Crippen molar-refractivity contribution in [2.45, 2.75) is 151 Å². The largest absolute Gasteiger partial charge is 0.427 e. The van der Waals surface area contributed by atoms with Gasteiger partial charge in [-0.1, -0.05) is 140 Å². The molecule has 0 unspecified atom stereocenters. The van der Waals surface area contributed by atoms with E-state index in [0.29, 0.717) is 5.75 Å². The number of aryl methyl sites for hydroxylation is 2. The minimum Gasteiger partial charge on any atom is -0.427 e. The van der Waals surface area contributed by atoms with Crippen LogP contribution in [0.25, 0.3) is 0 Å². The second kappa shape index (κ2) is 12.4. The molecule has 0 amide bonds. The molecule has 0 aliphatic heterocycles. The lowest BCUT2D eigenvalue weighted by atomic mass is 9.66. The van der Waals surface area contributed by atoms with Crippen LogP contribution >= 0.6 is 8.60 Å². The Balaban J connectivity index is 2.71. The highest BCUT2D eigenvalue weighted by atomic mass is 31.2. The van der Waals surface area contributed by atoms with Gasteiger partial charge in [-0.3, -0.25) is 0 Å². The first-order valence-electron chi connectivity index (χ1n) is 16.5. The molecular weight excluding hydrogens is 571 g/mol. The van der Waals surface area contributed by atoms with Crippen molar-refractivity contribution in [1.82, 2.24) is 0 Å². The van der Waals surface area contributed by atoms with E-state index >= 15 is 0 Å². The van der Waals surface area contributed by atoms with Gasteiger partial charge in [-0.25, -0.2) is 0 Å². The summed E-state index contributed by atoms with van der Waals surface area (Å²) in [6, 6.07) is 15.9. The summed E-state index contributed by atoms with van der Waals surface area (Å²) >= 11 is 0. The third-order valence-corrected chi connectivity index (χ3v) is 9.31. The van der Waals surface area contributed by atoms with Crippen LogP contribution in [0.15, 0.2) is 42.5 Å². The zero-order valence-corrected chi connectivity index (χ0v) is 32.3. The van der Waals surface area contributed by atoms with Crippen molar-refractivity contribution in [3.63, 3.8) is 0 Å². The van der Waals surface area contributed by atoms with E-state index in [1.165, 1.54) is 44.5 Å². The molecule has 0 aliphatic rings. The molecule has 3 aromatic carbocycles. The molecule has 0 bridgehead atoms. The molecule has 248 valence electrons. The number of hydrogen-bond donors (Lipinski definition) is 2. The summed E-state index contributed by atoms with van der Waals surface area (Å²) in [5.41, 5.74) is 12.1. The van der Waals surface area contributed by atoms with Gasteiger partial charge in [-0.15, -0.1) is 0 Å². The van der Waals surface area contributed by atoms with E-state index in [4.69, 9.17) is 4.52 Å². The van der Waals surface area contributed by atoms with E-state index in [2.05, 4.69) is 148 Å². The summed E-state index contributed by atoms with van der Waals surface area (Å²) in [5.74, 6) is 0.414. The average molecular weight is 633 g/mol. The van der Waals surface area contributed by atoms with Crippen molar-refractivity contribution in [1.29, 1.82) is 0 Å². The molecule has 0 saturated heterocycles. The molecule has 0 atom stereocenters. The van der Waals surface area contributed by atoms with E-state index in [0.717, 1.165) is 11.1 Å². The van der Waals surface area contributed by atoms with Gasteiger partial charge in [0.25, 0.3) is 0 Å². The van der Waals surface area contributed by atoms with Crippen LogP contribution in [-0.2, 0) is 27.1 Å². The molecule has 0 aromatic heterocycles. The Morgan fingerprint density at radius 3 is 1.20 bits per heavy atom. The summed E-state index contributed by atoms with van der Waals surface area (Å²) in [6.07, 6.45) is 0. The molecule has 4 heteroatoms. The Hall–Kier alpha value is -2.19. The van der Waals surface area contributed by atoms with Crippen molar-refractivity contribution in [3.05, 3.63) is 98.1 Å². The van der Waals surface area contributed by atoms with Gasteiger partial charge >= 0.3 is 8.60 Å². The highest BCUT2D eigenvalue weighted by Gasteiger charge is 2.36. The molecular formula is C41H61O3P. The SMILES string of the molecule is Cc1cc(C(c2cc(C)c(C(C)(C)C)cc2C(C)(C)C)c2cccc(OP(O)O)c2C(C)(C)C)c(C(C)(C)C)cc1C(C)(C)C. The summed E-state index contributed by atoms with van der Waals surface area (Å²) in [4.78, 5) is 20.1. The zero-order valence-electron chi connectivity index (χ0n) is 31.4. The van der Waals surface area contributed by atoms with Crippen LogP contribution < -0.4 is 4.52 Å². The molecule has 0 heterocycles. The van der Waals surface area contributed by atoms with Crippen LogP contribution in [0, 0.1) is 13.8 Å². The Morgan fingerprint density at radius 1 is 0.511 bits per heavy atom. The van der Waals surface area contributed by atoms with E-state index in [-0.39, 0.29) is 33.0 Å². The van der Waals surface area contributed by atoms with Gasteiger partial charge in [0.15, 0.2) is 0 Å². The van der Waals surface area contributed by atoms with Gasteiger partial charge in [0, 0.05) is 11.5 Å². The quantitative estimate of drug-likeness (QED) is 0.217. The van der Waals surface area contributed by atoms with E-state index < -0.39 is 8.60 Å². The highest BCUT2D eigenvalue weighted by molar-refractivity contribution is 7.39. The maximum atomic E-state index is 10.0. The van der Waals surface area contributed by atoms with Crippen LogP contribution in [0.1, 0.15) is 165 Å². The third kappa shape index (κ3) is 8.22. The van der Waals surface area contributed by atoms with E-state index in [1.54, 1.807) is 0 Å². The summed E-state index contributed by atoms with van der Waals surface area (Å²) < 4.78 is 5.78. The van der Waals surface area contributed by atoms with E-state index in [1.807, 2.05) is 12.1 Å². The molecule has 0 fully saturated rings. The van der Waals surface area contributed by atoms with Crippen LogP contribution in [0.5, 0.6) is 5.75 Å². The average Bonchev–Trinajstić information content (AvgIpc) is 2.80. The summed E-state index contributed by atoms with van der Waals surface area (Å²) in [6.45, 7) is 38.7. The normalized spacial score (nSPS) is 13.6. The van der Waals surface area contributed by atoms with Gasteiger partial charge in [0.1, 0.15) is 5.75 Å². The fourth-order valence-electron chi connectivity index (χ4n) is 7.11. The fraction of sp³-hybridized carbons (Fsp3) is 0.561. The maximum absolute atomic E-state index is 10.0. The van der Waals surface area contributed by atoms with Gasteiger partial charge < -0.3 is 14.3 Å². The second-order valence-electron chi connectivity index (χ2n) is 18.3. The van der Waals surface area contributed by atoms with Crippen molar-refractivity contribution in [2.24, 2.45) is 0 Å². The minimum atomic E-state index is -2.57. The summed E-state index contributed by atoms with van der Waals surface area (Å²) in [7, 11) is -2.57. The van der Waals surface area contributed by atoms with Crippen molar-refractivity contribution in [3.8, 4) is 5.75 Å². The van der Waals surface area contributed by atoms with Crippen molar-refractivity contribution in [2.75, 3.05) is 0 Å². The second-order valence-corrected chi connectivity index (χ2v) is 18.9. The Kier molecular flexibility index (Phi) is 10.3. The molecule has 3 nitrogen and oxygen atoms in total. The molecule has 0 spiro atoms. The molecule has 2 N–H and O–H groups in total. The van der Waals surface area contributed by atoms with Crippen LogP contribution in [-0.4, -0.2) is 9.79 Å². The van der Waals surface area contributed by atoms with E-state index in [9.17, 15) is 9.79 Å². The number of hydrogen-bond acceptors (Lipinski definition) is 3. The minimum absolute atomic E-state index is 0.00335. The van der Waals surface area contributed by atoms with Crippen LogP contribution in [0.3, 0.4) is 0 Å². The van der Waals surface area contributed by atoms with Crippen molar-refractivity contribution < 1.29 is 14.3 Å². The Labute approximate surface area is 276 Å². The molecule has 3 rings (SSSR count). The lowest BCUT2D eigenvalue weighted by molar-refractivity contribution is 0.369. The standard InChI is InChI=1S/C41H61O3P/c1-25-21-28(32(39(9,10)11)23-30(25)37(3,4)5)35(27-19-18-20-34(44-45(42)43)36(27)41(15,16)17)29-22-26(2)31(38(6,7)8)24-33(29)40(12,13)14/h18-24,35,42-43H,1-17H3. The van der Waals surface area contributed by atoms with Crippen LogP contribution in [0.2, 0.25) is 0 Å². The predicted octanol–water partition coefficient (Wildman–Crippen LogP) is 11.6. The molecule has 3 aromatic rings. The topological polar surface area (TPSA) is 49.7 Å². The van der Waals surface area contributed by atoms with Gasteiger partial charge in [-0.05, 0) is 97.1 Å². The third-order valence-electron chi connectivity index (χ3n) is 8.95. The molecule has 0 radical (unpaired) electrons. The molecule has 45 heavy (non-hydrogen) atoms. The molecule has 0 aliphatic carbocycles. The van der Waals surface area contributed by atoms with Crippen LogP contribution in [0.4, 0.5) is 0 Å². The van der Waals surface area contributed by atoms with Gasteiger partial charge in [0.05, 0.1) is 0 Å². The lowest BCUT2D eigenvalue weighted by Crippen LogP contribution is -2.26. The number of rotatable bonds is 5. The van der Waals surface area contributed by atoms with Crippen molar-refractivity contribution >= 4 is 8.60 Å².